The lowest BCUT2D eigenvalue weighted by Gasteiger charge is -2.03. The van der Waals surface area contributed by atoms with E-state index >= 15 is 0 Å². The Morgan fingerprint density at radius 2 is 2.28 bits per heavy atom. The first-order chi connectivity index (χ1) is 8.72. The molecule has 0 atom stereocenters. The van der Waals surface area contributed by atoms with E-state index in [0.717, 1.165) is 5.39 Å². The van der Waals surface area contributed by atoms with Gasteiger partial charge >= 0.3 is 0 Å². The first-order valence-corrected chi connectivity index (χ1v) is 5.22. The maximum atomic E-state index is 5.60. The average Bonchev–Trinajstić information content (AvgIpc) is 2.94. The molecule has 0 bridgehead atoms. The molecule has 3 heterocycles. The van der Waals surface area contributed by atoms with E-state index in [2.05, 4.69) is 35.6 Å². The number of rotatable bonds is 3. The van der Waals surface area contributed by atoms with Gasteiger partial charge in [0, 0.05) is 0 Å². The molecule has 9 nitrogen and oxygen atoms in total. The minimum Gasteiger partial charge on any atom is -0.368 e. The van der Waals surface area contributed by atoms with Crippen molar-refractivity contribution in [3.05, 3.63) is 17.9 Å². The summed E-state index contributed by atoms with van der Waals surface area (Å²) in [7, 11) is 0. The van der Waals surface area contributed by atoms with E-state index in [4.69, 9.17) is 10.3 Å². The number of nitrogens with zero attached hydrogens (tertiary/aromatic N) is 5. The number of nitrogens with two attached hydrogens (primary N) is 1. The average molecular weight is 246 g/mol. The normalized spacial score (nSPS) is 10.9. The molecule has 92 valence electrons. The summed E-state index contributed by atoms with van der Waals surface area (Å²) in [6.07, 6.45) is 1.62. The van der Waals surface area contributed by atoms with Crippen molar-refractivity contribution in [1.82, 2.24) is 30.3 Å². The molecule has 0 spiro atoms. The van der Waals surface area contributed by atoms with Crippen LogP contribution in [-0.2, 0) is 6.54 Å². The molecule has 0 saturated carbocycles. The van der Waals surface area contributed by atoms with Crippen LogP contribution in [0.5, 0.6) is 0 Å². The molecule has 9 heteroatoms. The number of nitrogen functional groups attached to an aromatic ring is 1. The van der Waals surface area contributed by atoms with Crippen LogP contribution >= 0.6 is 0 Å². The van der Waals surface area contributed by atoms with E-state index in [0.29, 0.717) is 29.7 Å². The zero-order valence-corrected chi connectivity index (χ0v) is 9.51. The molecule has 18 heavy (non-hydrogen) atoms. The van der Waals surface area contributed by atoms with Crippen LogP contribution in [-0.4, -0.2) is 30.3 Å². The van der Waals surface area contributed by atoms with Gasteiger partial charge in [0.1, 0.15) is 5.82 Å². The molecule has 0 aliphatic heterocycles. The van der Waals surface area contributed by atoms with Crippen LogP contribution in [0.1, 0.15) is 11.7 Å². The van der Waals surface area contributed by atoms with Gasteiger partial charge in [0.15, 0.2) is 11.5 Å². The van der Waals surface area contributed by atoms with Crippen LogP contribution in [0, 0.1) is 6.92 Å². The summed E-state index contributed by atoms with van der Waals surface area (Å²) >= 11 is 0. The number of anilines is 2. The van der Waals surface area contributed by atoms with Crippen molar-refractivity contribution in [2.45, 2.75) is 13.5 Å². The van der Waals surface area contributed by atoms with E-state index < -0.39 is 0 Å². The second kappa shape index (κ2) is 3.95. The largest absolute Gasteiger partial charge is 0.368 e. The molecular formula is C9H10N8O. The molecule has 0 saturated heterocycles. The number of H-pyrrole nitrogens is 1. The van der Waals surface area contributed by atoms with Crippen molar-refractivity contribution in [1.29, 1.82) is 0 Å². The Bertz CT molecular complexity index is 687. The topological polar surface area (TPSA) is 131 Å². The fourth-order valence-electron chi connectivity index (χ4n) is 1.56. The maximum Gasteiger partial charge on any atom is 0.245 e. The lowest BCUT2D eigenvalue weighted by Crippen LogP contribution is -2.05. The Morgan fingerprint density at radius 3 is 3.06 bits per heavy atom. The van der Waals surface area contributed by atoms with Crippen molar-refractivity contribution in [2.24, 2.45) is 0 Å². The van der Waals surface area contributed by atoms with Gasteiger partial charge in [0.2, 0.25) is 11.8 Å². The molecule has 3 aromatic heterocycles. The number of nitrogens with one attached hydrogen (secondary N) is 2. The van der Waals surface area contributed by atoms with Crippen molar-refractivity contribution in [3.63, 3.8) is 0 Å². The number of aromatic amines is 1. The minimum absolute atomic E-state index is 0.163. The molecule has 0 aliphatic rings. The lowest BCUT2D eigenvalue weighted by atomic mass is 10.4. The summed E-state index contributed by atoms with van der Waals surface area (Å²) in [6.45, 7) is 2.11. The summed E-state index contributed by atoms with van der Waals surface area (Å²) in [5.74, 6) is 1.79. The van der Waals surface area contributed by atoms with Gasteiger partial charge < -0.3 is 15.6 Å². The third-order valence-corrected chi connectivity index (χ3v) is 2.30. The van der Waals surface area contributed by atoms with Gasteiger partial charge in [0.05, 0.1) is 18.1 Å². The Hall–Kier alpha value is -2.71. The molecule has 4 N–H and O–H groups in total. The van der Waals surface area contributed by atoms with Gasteiger partial charge in [-0.2, -0.15) is 20.1 Å². The molecule has 0 aliphatic carbocycles. The minimum atomic E-state index is 0.163. The highest BCUT2D eigenvalue weighted by molar-refractivity contribution is 5.86. The van der Waals surface area contributed by atoms with Crippen LogP contribution in [0.25, 0.3) is 11.0 Å². The summed E-state index contributed by atoms with van der Waals surface area (Å²) in [6, 6.07) is 0. The molecule has 0 aromatic carbocycles. The Labute approximate surface area is 101 Å². The first-order valence-electron chi connectivity index (χ1n) is 5.22. The summed E-state index contributed by atoms with van der Waals surface area (Å²) in [5, 5.41) is 14.1. The number of aryl methyl sites for hydroxylation is 1. The number of aromatic nitrogens is 6. The van der Waals surface area contributed by atoms with E-state index in [9.17, 15) is 0 Å². The van der Waals surface area contributed by atoms with Gasteiger partial charge in [0.25, 0.3) is 0 Å². The van der Waals surface area contributed by atoms with Gasteiger partial charge in [-0.05, 0) is 6.92 Å². The molecule has 3 aromatic rings. The van der Waals surface area contributed by atoms with E-state index in [-0.39, 0.29) is 5.95 Å². The van der Waals surface area contributed by atoms with E-state index in [1.54, 1.807) is 13.1 Å². The lowest BCUT2D eigenvalue weighted by molar-refractivity contribution is 0.379. The highest BCUT2D eigenvalue weighted by Crippen LogP contribution is 2.19. The first kappa shape index (κ1) is 10.4. The van der Waals surface area contributed by atoms with Gasteiger partial charge in [-0.3, -0.25) is 5.10 Å². The van der Waals surface area contributed by atoms with E-state index in [1.165, 1.54) is 0 Å². The number of fused-ring (bicyclic) bond motifs is 1. The highest BCUT2D eigenvalue weighted by atomic mass is 16.5. The second-order valence-corrected chi connectivity index (χ2v) is 3.65. The SMILES string of the molecule is Cc1noc(CNc2nc(N)nc3[nH]ncc23)n1. The van der Waals surface area contributed by atoms with Crippen LogP contribution < -0.4 is 11.1 Å². The quantitative estimate of drug-likeness (QED) is 0.598. The monoisotopic (exact) mass is 246 g/mol. The number of hydrogen-bond acceptors (Lipinski definition) is 8. The molecular weight excluding hydrogens is 236 g/mol. The fraction of sp³-hybridized carbons (Fsp3) is 0.222. The predicted molar refractivity (Wildman–Crippen MR) is 62.5 cm³/mol. The molecule has 0 fully saturated rings. The summed E-state index contributed by atoms with van der Waals surface area (Å²) < 4.78 is 4.99. The second-order valence-electron chi connectivity index (χ2n) is 3.65. The summed E-state index contributed by atoms with van der Waals surface area (Å²) in [4.78, 5) is 12.2. The van der Waals surface area contributed by atoms with Gasteiger partial charge in [-0.25, -0.2) is 0 Å². The van der Waals surface area contributed by atoms with Crippen molar-refractivity contribution in [2.75, 3.05) is 11.1 Å². The van der Waals surface area contributed by atoms with Crippen molar-refractivity contribution in [3.8, 4) is 0 Å². The molecule has 0 amide bonds. The smallest absolute Gasteiger partial charge is 0.245 e. The maximum absolute atomic E-state index is 5.60. The molecule has 0 radical (unpaired) electrons. The predicted octanol–water partition coefficient (Wildman–Crippen LogP) is 0.239. The van der Waals surface area contributed by atoms with Crippen LogP contribution in [0.3, 0.4) is 0 Å². The van der Waals surface area contributed by atoms with Gasteiger partial charge in [-0.15, -0.1) is 0 Å². The molecule has 0 unspecified atom stereocenters. The van der Waals surface area contributed by atoms with E-state index in [1.807, 2.05) is 0 Å². The van der Waals surface area contributed by atoms with Crippen LogP contribution in [0.2, 0.25) is 0 Å². The van der Waals surface area contributed by atoms with Crippen LogP contribution in [0.15, 0.2) is 10.7 Å². The Balaban J connectivity index is 1.87. The zero-order chi connectivity index (χ0) is 12.5. The molecule has 3 rings (SSSR count). The summed E-state index contributed by atoms with van der Waals surface area (Å²) in [5.41, 5.74) is 6.17. The van der Waals surface area contributed by atoms with Crippen molar-refractivity contribution >= 4 is 22.8 Å². The Morgan fingerprint density at radius 1 is 1.39 bits per heavy atom. The standard InChI is InChI=1S/C9H10N8O/c1-4-13-6(18-17-4)3-11-7-5-2-12-16-8(5)15-9(10)14-7/h2H,3H2,1H3,(H4,10,11,12,14,15,16). The third-order valence-electron chi connectivity index (χ3n) is 2.30. The fourth-order valence-corrected chi connectivity index (χ4v) is 1.56. The zero-order valence-electron chi connectivity index (χ0n) is 9.51. The van der Waals surface area contributed by atoms with Crippen LogP contribution in [0.4, 0.5) is 11.8 Å². The Kier molecular flexibility index (Phi) is 2.29. The highest BCUT2D eigenvalue weighted by Gasteiger charge is 2.09. The van der Waals surface area contributed by atoms with Gasteiger partial charge in [-0.1, -0.05) is 5.16 Å². The number of hydrogen-bond donors (Lipinski definition) is 3. The third kappa shape index (κ3) is 1.81. The van der Waals surface area contributed by atoms with Crippen molar-refractivity contribution < 1.29 is 4.52 Å².